The number of benzene rings is 1. The van der Waals surface area contributed by atoms with Crippen LogP contribution in [-0.4, -0.2) is 15.3 Å². The van der Waals surface area contributed by atoms with Crippen molar-refractivity contribution in [3.8, 4) is 0 Å². The molecule has 94 valence electrons. The van der Waals surface area contributed by atoms with Crippen molar-refractivity contribution >= 4 is 0 Å². The number of hydrogen-bond acceptors (Lipinski definition) is 3. The SMILES string of the molecule is Cc1cc(C(O)c2c(F)cccc2F)c(C)nn1. The molecule has 5 heteroatoms. The molecule has 1 N–H and O–H groups in total. The fourth-order valence-corrected chi connectivity index (χ4v) is 1.77. The van der Waals surface area contributed by atoms with Crippen LogP contribution >= 0.6 is 0 Å². The van der Waals surface area contributed by atoms with E-state index in [1.54, 1.807) is 19.9 Å². The fraction of sp³-hybridized carbons (Fsp3) is 0.231. The molecule has 0 aliphatic heterocycles. The maximum atomic E-state index is 13.6. The molecule has 3 nitrogen and oxygen atoms in total. The number of aliphatic hydroxyl groups is 1. The van der Waals surface area contributed by atoms with Crippen LogP contribution in [0.1, 0.15) is 28.6 Å². The lowest BCUT2D eigenvalue weighted by Crippen LogP contribution is -2.09. The van der Waals surface area contributed by atoms with E-state index in [0.29, 0.717) is 17.0 Å². The zero-order valence-corrected chi connectivity index (χ0v) is 9.98. The second-order valence-electron chi connectivity index (χ2n) is 4.06. The monoisotopic (exact) mass is 250 g/mol. The molecular formula is C13H12F2N2O. The Bertz CT molecular complexity index is 567. The molecule has 2 aromatic rings. The summed E-state index contributed by atoms with van der Waals surface area (Å²) in [6.45, 7) is 3.32. The molecule has 18 heavy (non-hydrogen) atoms. The van der Waals surface area contributed by atoms with Gasteiger partial charge in [0.2, 0.25) is 0 Å². The van der Waals surface area contributed by atoms with Crippen LogP contribution in [0.2, 0.25) is 0 Å². The maximum absolute atomic E-state index is 13.6. The average molecular weight is 250 g/mol. The molecule has 0 fully saturated rings. The van der Waals surface area contributed by atoms with E-state index in [-0.39, 0.29) is 5.56 Å². The number of halogens is 2. The van der Waals surface area contributed by atoms with Crippen LogP contribution in [0.15, 0.2) is 24.3 Å². The molecule has 0 saturated heterocycles. The first-order chi connectivity index (χ1) is 8.50. The van der Waals surface area contributed by atoms with Gasteiger partial charge in [0.25, 0.3) is 0 Å². The quantitative estimate of drug-likeness (QED) is 0.890. The van der Waals surface area contributed by atoms with Crippen LogP contribution in [-0.2, 0) is 0 Å². The van der Waals surface area contributed by atoms with Gasteiger partial charge < -0.3 is 5.11 Å². The van der Waals surface area contributed by atoms with Crippen LogP contribution in [0.5, 0.6) is 0 Å². The van der Waals surface area contributed by atoms with Crippen LogP contribution in [0, 0.1) is 25.5 Å². The Morgan fingerprint density at radius 2 is 1.72 bits per heavy atom. The summed E-state index contributed by atoms with van der Waals surface area (Å²) in [5, 5.41) is 17.8. The summed E-state index contributed by atoms with van der Waals surface area (Å²) in [6, 6.07) is 5.04. The van der Waals surface area contributed by atoms with Crippen molar-refractivity contribution in [2.24, 2.45) is 0 Å². The summed E-state index contributed by atoms with van der Waals surface area (Å²) in [7, 11) is 0. The third-order valence-corrected chi connectivity index (χ3v) is 2.71. The van der Waals surface area contributed by atoms with Gasteiger partial charge in [0.1, 0.15) is 17.7 Å². The topological polar surface area (TPSA) is 46.0 Å². The molecule has 0 bridgehead atoms. The van der Waals surface area contributed by atoms with Gasteiger partial charge in [-0.25, -0.2) is 8.78 Å². The lowest BCUT2D eigenvalue weighted by molar-refractivity contribution is 0.207. The molecule has 1 atom stereocenters. The summed E-state index contributed by atoms with van der Waals surface area (Å²) in [6.07, 6.45) is -1.39. The zero-order chi connectivity index (χ0) is 13.3. The Morgan fingerprint density at radius 3 is 2.33 bits per heavy atom. The van der Waals surface area contributed by atoms with Crippen molar-refractivity contribution in [1.82, 2.24) is 10.2 Å². The molecule has 0 saturated carbocycles. The van der Waals surface area contributed by atoms with Gasteiger partial charge in [-0.05, 0) is 32.0 Å². The van der Waals surface area contributed by atoms with Gasteiger partial charge in [-0.2, -0.15) is 10.2 Å². The van der Waals surface area contributed by atoms with Crippen molar-refractivity contribution in [3.63, 3.8) is 0 Å². The van der Waals surface area contributed by atoms with Gasteiger partial charge in [-0.15, -0.1) is 0 Å². The number of hydrogen-bond donors (Lipinski definition) is 1. The Kier molecular flexibility index (Phi) is 3.34. The normalized spacial score (nSPS) is 12.5. The van der Waals surface area contributed by atoms with Crippen LogP contribution in [0.3, 0.4) is 0 Å². The maximum Gasteiger partial charge on any atom is 0.132 e. The number of aryl methyl sites for hydroxylation is 2. The molecule has 0 aliphatic rings. The summed E-state index contributed by atoms with van der Waals surface area (Å²) in [5.41, 5.74) is 1.00. The van der Waals surface area contributed by atoms with E-state index in [1.165, 1.54) is 6.07 Å². The molecule has 0 aliphatic carbocycles. The predicted octanol–water partition coefficient (Wildman–Crippen LogP) is 2.45. The van der Waals surface area contributed by atoms with E-state index in [2.05, 4.69) is 10.2 Å². The van der Waals surface area contributed by atoms with Gasteiger partial charge in [-0.1, -0.05) is 6.07 Å². The summed E-state index contributed by atoms with van der Waals surface area (Å²) < 4.78 is 27.2. The van der Waals surface area contributed by atoms with E-state index < -0.39 is 17.7 Å². The number of rotatable bonds is 2. The van der Waals surface area contributed by atoms with E-state index in [9.17, 15) is 13.9 Å². The smallest absolute Gasteiger partial charge is 0.132 e. The molecule has 0 spiro atoms. The van der Waals surface area contributed by atoms with Gasteiger partial charge >= 0.3 is 0 Å². The van der Waals surface area contributed by atoms with Crippen LogP contribution < -0.4 is 0 Å². The van der Waals surface area contributed by atoms with Crippen molar-refractivity contribution in [1.29, 1.82) is 0 Å². The van der Waals surface area contributed by atoms with E-state index >= 15 is 0 Å². The van der Waals surface area contributed by atoms with Gasteiger partial charge in [0, 0.05) is 5.56 Å². The van der Waals surface area contributed by atoms with Gasteiger partial charge in [-0.3, -0.25) is 0 Å². The highest BCUT2D eigenvalue weighted by Gasteiger charge is 2.21. The Balaban J connectivity index is 2.54. The van der Waals surface area contributed by atoms with E-state index in [1.807, 2.05) is 0 Å². The number of aliphatic hydroxyl groups excluding tert-OH is 1. The van der Waals surface area contributed by atoms with Crippen molar-refractivity contribution < 1.29 is 13.9 Å². The van der Waals surface area contributed by atoms with E-state index in [4.69, 9.17) is 0 Å². The second kappa shape index (κ2) is 4.78. The first kappa shape index (κ1) is 12.6. The van der Waals surface area contributed by atoms with Crippen LogP contribution in [0.25, 0.3) is 0 Å². The molecule has 2 rings (SSSR count). The lowest BCUT2D eigenvalue weighted by Gasteiger charge is -2.15. The molecule has 1 heterocycles. The summed E-state index contributed by atoms with van der Waals surface area (Å²) >= 11 is 0. The molecule has 0 amide bonds. The first-order valence-electron chi connectivity index (χ1n) is 5.43. The Hall–Kier alpha value is -1.88. The van der Waals surface area contributed by atoms with E-state index in [0.717, 1.165) is 12.1 Å². The fourth-order valence-electron chi connectivity index (χ4n) is 1.77. The van der Waals surface area contributed by atoms with Crippen molar-refractivity contribution in [3.05, 3.63) is 58.4 Å². The van der Waals surface area contributed by atoms with Crippen molar-refractivity contribution in [2.75, 3.05) is 0 Å². The molecule has 1 aromatic heterocycles. The molecule has 1 aromatic carbocycles. The average Bonchev–Trinajstić information content (AvgIpc) is 2.32. The largest absolute Gasteiger partial charge is 0.383 e. The highest BCUT2D eigenvalue weighted by molar-refractivity contribution is 5.33. The van der Waals surface area contributed by atoms with Crippen LogP contribution in [0.4, 0.5) is 8.78 Å². The predicted molar refractivity (Wildman–Crippen MR) is 61.9 cm³/mol. The number of aromatic nitrogens is 2. The lowest BCUT2D eigenvalue weighted by atomic mass is 9.99. The standard InChI is InChI=1S/C13H12F2N2O/c1-7-6-9(8(2)17-16-7)13(18)12-10(14)4-3-5-11(12)15/h3-6,13,18H,1-2H3. The highest BCUT2D eigenvalue weighted by atomic mass is 19.1. The minimum Gasteiger partial charge on any atom is -0.383 e. The number of nitrogens with zero attached hydrogens (tertiary/aromatic N) is 2. The first-order valence-corrected chi connectivity index (χ1v) is 5.43. The third-order valence-electron chi connectivity index (χ3n) is 2.71. The summed E-state index contributed by atoms with van der Waals surface area (Å²) in [5.74, 6) is -1.56. The molecule has 1 unspecified atom stereocenters. The minimum absolute atomic E-state index is 0.353. The second-order valence-corrected chi connectivity index (χ2v) is 4.06. The highest BCUT2D eigenvalue weighted by Crippen LogP contribution is 2.28. The van der Waals surface area contributed by atoms with Crippen molar-refractivity contribution in [2.45, 2.75) is 20.0 Å². The molecular weight excluding hydrogens is 238 g/mol. The Morgan fingerprint density at radius 1 is 1.11 bits per heavy atom. The summed E-state index contributed by atoms with van der Waals surface area (Å²) in [4.78, 5) is 0. The third kappa shape index (κ3) is 2.22. The van der Waals surface area contributed by atoms with Gasteiger partial charge in [0.15, 0.2) is 0 Å². The zero-order valence-electron chi connectivity index (χ0n) is 9.98. The minimum atomic E-state index is -1.39. The molecule has 0 radical (unpaired) electrons. The van der Waals surface area contributed by atoms with Gasteiger partial charge in [0.05, 0.1) is 17.0 Å². The Labute approximate surface area is 103 Å².